The highest BCUT2D eigenvalue weighted by Gasteiger charge is 2.27. The van der Waals surface area contributed by atoms with Gasteiger partial charge in [-0.2, -0.15) is 0 Å². The lowest BCUT2D eigenvalue weighted by molar-refractivity contribution is 0.0485. The van der Waals surface area contributed by atoms with Gasteiger partial charge in [0.15, 0.2) is 5.58 Å². The Balaban J connectivity index is 1.17. The van der Waals surface area contributed by atoms with Crippen LogP contribution >= 0.6 is 0 Å². The number of fused-ring (bicyclic) bond motifs is 1. The fourth-order valence-corrected chi connectivity index (χ4v) is 5.09. The van der Waals surface area contributed by atoms with Crippen LogP contribution in [0.25, 0.3) is 11.0 Å². The number of nitrogens with one attached hydrogen (secondary N) is 1. The molecule has 1 aliphatic heterocycles. The molecule has 0 bridgehead atoms. The van der Waals surface area contributed by atoms with Crippen molar-refractivity contribution in [3.05, 3.63) is 29.7 Å². The molecule has 1 saturated heterocycles. The van der Waals surface area contributed by atoms with Crippen molar-refractivity contribution in [2.75, 3.05) is 19.6 Å². The van der Waals surface area contributed by atoms with Crippen LogP contribution in [0, 0.1) is 11.7 Å². The Bertz CT molecular complexity index is 907. The van der Waals surface area contributed by atoms with Gasteiger partial charge in [-0.1, -0.05) is 5.16 Å². The fourth-order valence-electron chi connectivity index (χ4n) is 5.09. The summed E-state index contributed by atoms with van der Waals surface area (Å²) < 4.78 is 24.4. The maximum Gasteiger partial charge on any atom is 0.407 e. The van der Waals surface area contributed by atoms with E-state index in [-0.39, 0.29) is 18.0 Å². The standard InChI is InChI=1S/C25H36FN3O3/c1-25(2,3)31-24(30)27-20-7-4-17(5-8-20)10-13-29-14-11-18(12-15-29)23-21-16-19(26)6-9-22(21)32-28-23/h6,9,16-18,20H,4-5,7-8,10-15H2,1-3H3,(H,27,30)/t17-,20-. The second kappa shape index (κ2) is 9.77. The molecule has 0 spiro atoms. The summed E-state index contributed by atoms with van der Waals surface area (Å²) in [6.07, 6.45) is 7.35. The van der Waals surface area contributed by atoms with E-state index in [0.29, 0.717) is 11.5 Å². The first-order chi connectivity index (χ1) is 15.3. The number of amides is 1. The third-order valence-electron chi connectivity index (χ3n) is 6.86. The van der Waals surface area contributed by atoms with Crippen LogP contribution in [0.2, 0.25) is 0 Å². The molecule has 4 rings (SSSR count). The molecule has 1 N–H and O–H groups in total. The zero-order chi connectivity index (χ0) is 22.7. The van der Waals surface area contributed by atoms with E-state index in [9.17, 15) is 9.18 Å². The van der Waals surface area contributed by atoms with Crippen LogP contribution < -0.4 is 5.32 Å². The topological polar surface area (TPSA) is 67.6 Å². The molecule has 0 unspecified atom stereocenters. The SMILES string of the molecule is CC(C)(C)OC(=O)N[C@H]1CC[C@H](CCN2CCC(c3noc4ccc(F)cc34)CC2)CC1. The van der Waals surface area contributed by atoms with E-state index in [0.717, 1.165) is 75.2 Å². The monoisotopic (exact) mass is 445 g/mol. The number of halogens is 1. The Morgan fingerprint density at radius 1 is 1.19 bits per heavy atom. The summed E-state index contributed by atoms with van der Waals surface area (Å²) in [5.41, 5.74) is 1.13. The summed E-state index contributed by atoms with van der Waals surface area (Å²) in [5.74, 6) is 0.825. The second-order valence-electron chi connectivity index (χ2n) is 10.5. The minimum absolute atomic E-state index is 0.235. The van der Waals surface area contributed by atoms with Crippen LogP contribution in [0.1, 0.15) is 77.3 Å². The van der Waals surface area contributed by atoms with E-state index < -0.39 is 5.60 Å². The molecule has 0 atom stereocenters. The number of nitrogens with zero attached hydrogens (tertiary/aromatic N) is 2. The highest BCUT2D eigenvalue weighted by molar-refractivity contribution is 5.79. The Morgan fingerprint density at radius 3 is 2.59 bits per heavy atom. The molecule has 2 fully saturated rings. The predicted molar refractivity (Wildman–Crippen MR) is 122 cm³/mol. The van der Waals surface area contributed by atoms with Gasteiger partial charge in [-0.25, -0.2) is 9.18 Å². The zero-order valence-corrected chi connectivity index (χ0v) is 19.5. The molecular formula is C25H36FN3O3. The number of carbonyl (C=O) groups excluding carboxylic acids is 1. The van der Waals surface area contributed by atoms with E-state index in [2.05, 4.69) is 15.4 Å². The number of ether oxygens (including phenoxy) is 1. The molecule has 1 saturated carbocycles. The molecule has 1 amide bonds. The molecule has 2 aliphatic rings. The molecule has 7 heteroatoms. The van der Waals surface area contributed by atoms with Crippen LogP contribution in [0.15, 0.2) is 22.7 Å². The highest BCUT2D eigenvalue weighted by Crippen LogP contribution is 2.33. The lowest BCUT2D eigenvalue weighted by Crippen LogP contribution is -2.41. The van der Waals surface area contributed by atoms with Crippen molar-refractivity contribution in [3.8, 4) is 0 Å². The van der Waals surface area contributed by atoms with Gasteiger partial charge in [0.1, 0.15) is 11.4 Å². The third-order valence-corrected chi connectivity index (χ3v) is 6.86. The predicted octanol–water partition coefficient (Wildman–Crippen LogP) is 5.62. The number of hydrogen-bond acceptors (Lipinski definition) is 5. The molecule has 2 heterocycles. The summed E-state index contributed by atoms with van der Waals surface area (Å²) >= 11 is 0. The maximum absolute atomic E-state index is 13.6. The summed E-state index contributed by atoms with van der Waals surface area (Å²) in [6.45, 7) is 8.88. The van der Waals surface area contributed by atoms with Gasteiger partial charge in [-0.15, -0.1) is 0 Å². The van der Waals surface area contributed by atoms with Crippen LogP contribution in [0.5, 0.6) is 0 Å². The van der Waals surface area contributed by atoms with E-state index in [1.807, 2.05) is 20.8 Å². The van der Waals surface area contributed by atoms with E-state index in [4.69, 9.17) is 9.26 Å². The Kier molecular flexibility index (Phi) is 7.03. The van der Waals surface area contributed by atoms with E-state index in [1.54, 1.807) is 12.1 Å². The molecule has 1 aromatic heterocycles. The number of carbonyl (C=O) groups is 1. The van der Waals surface area contributed by atoms with Crippen LogP contribution in [0.4, 0.5) is 9.18 Å². The van der Waals surface area contributed by atoms with E-state index in [1.165, 1.54) is 12.5 Å². The zero-order valence-electron chi connectivity index (χ0n) is 19.5. The third kappa shape index (κ3) is 6.00. The quantitative estimate of drug-likeness (QED) is 0.647. The molecule has 176 valence electrons. The van der Waals surface area contributed by atoms with Gasteiger partial charge in [0.05, 0.1) is 5.69 Å². The summed E-state index contributed by atoms with van der Waals surface area (Å²) in [4.78, 5) is 14.5. The van der Waals surface area contributed by atoms with Crippen LogP contribution in [0.3, 0.4) is 0 Å². The molecule has 2 aromatic rings. The van der Waals surface area contributed by atoms with Gasteiger partial charge >= 0.3 is 6.09 Å². The van der Waals surface area contributed by atoms with Crippen molar-refractivity contribution in [1.29, 1.82) is 0 Å². The molecule has 0 radical (unpaired) electrons. The summed E-state index contributed by atoms with van der Waals surface area (Å²) in [5, 5.41) is 8.10. The van der Waals surface area contributed by atoms with Crippen molar-refractivity contribution in [2.45, 2.75) is 83.3 Å². The van der Waals surface area contributed by atoms with Gasteiger partial charge in [0.2, 0.25) is 0 Å². The van der Waals surface area contributed by atoms with Gasteiger partial charge in [-0.05, 0) is 109 Å². The maximum atomic E-state index is 13.6. The van der Waals surface area contributed by atoms with Crippen molar-refractivity contribution >= 4 is 17.1 Å². The van der Waals surface area contributed by atoms with Crippen LogP contribution in [-0.2, 0) is 4.74 Å². The van der Waals surface area contributed by atoms with Crippen molar-refractivity contribution in [2.24, 2.45) is 5.92 Å². The summed E-state index contributed by atoms with van der Waals surface area (Å²) in [6, 6.07) is 4.86. The summed E-state index contributed by atoms with van der Waals surface area (Å²) in [7, 11) is 0. The largest absolute Gasteiger partial charge is 0.444 e. The minimum atomic E-state index is -0.453. The van der Waals surface area contributed by atoms with Crippen LogP contribution in [-0.4, -0.2) is 47.4 Å². The molecule has 1 aliphatic carbocycles. The highest BCUT2D eigenvalue weighted by atomic mass is 19.1. The smallest absolute Gasteiger partial charge is 0.407 e. The van der Waals surface area contributed by atoms with Gasteiger partial charge in [-0.3, -0.25) is 0 Å². The van der Waals surface area contributed by atoms with E-state index >= 15 is 0 Å². The first kappa shape index (κ1) is 23.0. The van der Waals surface area contributed by atoms with Gasteiger partial charge in [0, 0.05) is 17.3 Å². The molecular weight excluding hydrogens is 409 g/mol. The number of aromatic nitrogens is 1. The van der Waals surface area contributed by atoms with Crippen molar-refractivity contribution < 1.29 is 18.4 Å². The number of alkyl carbamates (subject to hydrolysis) is 1. The van der Waals surface area contributed by atoms with Crippen molar-refractivity contribution in [1.82, 2.24) is 15.4 Å². The molecule has 32 heavy (non-hydrogen) atoms. The number of hydrogen-bond donors (Lipinski definition) is 1. The number of likely N-dealkylation sites (tertiary alicyclic amines) is 1. The fraction of sp³-hybridized carbons (Fsp3) is 0.680. The minimum Gasteiger partial charge on any atom is -0.444 e. The number of benzene rings is 1. The average molecular weight is 446 g/mol. The Hall–Kier alpha value is -2.15. The first-order valence-electron chi connectivity index (χ1n) is 12.0. The van der Waals surface area contributed by atoms with Gasteiger partial charge in [0.25, 0.3) is 0 Å². The first-order valence-corrected chi connectivity index (χ1v) is 12.0. The lowest BCUT2D eigenvalue weighted by Gasteiger charge is -2.34. The number of rotatable bonds is 5. The van der Waals surface area contributed by atoms with Crippen molar-refractivity contribution in [3.63, 3.8) is 0 Å². The second-order valence-corrected chi connectivity index (χ2v) is 10.5. The molecule has 1 aromatic carbocycles. The Labute approximate surface area is 189 Å². The average Bonchev–Trinajstić information content (AvgIpc) is 3.15. The molecule has 6 nitrogen and oxygen atoms in total. The number of piperidine rings is 1. The lowest BCUT2D eigenvalue weighted by atomic mass is 9.84. The Morgan fingerprint density at radius 2 is 1.91 bits per heavy atom. The van der Waals surface area contributed by atoms with Gasteiger partial charge < -0.3 is 19.5 Å². The normalized spacial score (nSPS) is 23.4.